The third-order valence-electron chi connectivity index (χ3n) is 10.8. The molecule has 0 saturated heterocycles. The van der Waals surface area contributed by atoms with Crippen LogP contribution in [0, 0.1) is 40.4 Å². The standard InChI is InChI=1S/C30H41NO5/c1-19(31-35-18-27(32)33)24-11-12-25-23-10-9-21-17-22(36-28(34)20-7-5-4-6-8-20)13-15-29(21,2)26(23)14-16-30(24,25)3/h4-8,21-26H,9-18H2,1-3H3,(H,32,33)/t21-,22+,23?,24+,25?,26?,29-,30+/m0/s1. The predicted molar refractivity (Wildman–Crippen MR) is 138 cm³/mol. The second-order valence-corrected chi connectivity index (χ2v) is 12.4. The first-order valence-electron chi connectivity index (χ1n) is 13.9. The van der Waals surface area contributed by atoms with Crippen LogP contribution in [0.15, 0.2) is 35.5 Å². The largest absolute Gasteiger partial charge is 0.479 e. The lowest BCUT2D eigenvalue weighted by Crippen LogP contribution is -2.54. The van der Waals surface area contributed by atoms with Crippen molar-refractivity contribution in [2.45, 2.75) is 84.7 Å². The summed E-state index contributed by atoms with van der Waals surface area (Å²) in [7, 11) is 0. The van der Waals surface area contributed by atoms with Gasteiger partial charge in [-0.1, -0.05) is 37.2 Å². The number of hydrogen-bond donors (Lipinski definition) is 1. The molecule has 0 radical (unpaired) electrons. The van der Waals surface area contributed by atoms with Gasteiger partial charge in [0.1, 0.15) is 6.10 Å². The zero-order valence-corrected chi connectivity index (χ0v) is 21.9. The molecule has 4 aliphatic rings. The van der Waals surface area contributed by atoms with E-state index in [1.165, 1.54) is 32.1 Å². The first-order valence-corrected chi connectivity index (χ1v) is 13.9. The van der Waals surface area contributed by atoms with Gasteiger partial charge in [-0.3, -0.25) is 0 Å². The Bertz CT molecular complexity index is 1010. The van der Waals surface area contributed by atoms with Crippen LogP contribution < -0.4 is 0 Å². The highest BCUT2D eigenvalue weighted by Gasteiger charge is 2.60. The number of benzene rings is 1. The number of esters is 1. The van der Waals surface area contributed by atoms with Gasteiger partial charge in [-0.2, -0.15) is 0 Å². The van der Waals surface area contributed by atoms with Crippen LogP contribution in [0.2, 0.25) is 0 Å². The lowest BCUT2D eigenvalue weighted by Gasteiger charge is -2.61. The molecular formula is C30H41NO5. The molecule has 1 N–H and O–H groups in total. The quantitative estimate of drug-likeness (QED) is 0.282. The van der Waals surface area contributed by atoms with E-state index in [4.69, 9.17) is 14.7 Å². The number of fused-ring (bicyclic) bond motifs is 5. The molecule has 8 atom stereocenters. The third kappa shape index (κ3) is 4.45. The minimum atomic E-state index is -0.989. The van der Waals surface area contributed by atoms with E-state index < -0.39 is 5.97 Å². The molecule has 0 spiro atoms. The molecule has 4 saturated carbocycles. The van der Waals surface area contributed by atoms with Crippen molar-refractivity contribution in [3.63, 3.8) is 0 Å². The summed E-state index contributed by atoms with van der Waals surface area (Å²) in [6, 6.07) is 9.36. The number of carboxylic acid groups (broad SMARTS) is 1. The Balaban J connectivity index is 1.25. The minimum absolute atomic E-state index is 0.0294. The van der Waals surface area contributed by atoms with E-state index in [2.05, 4.69) is 19.0 Å². The average molecular weight is 496 g/mol. The molecule has 3 unspecified atom stereocenters. The van der Waals surface area contributed by atoms with Crippen LogP contribution >= 0.6 is 0 Å². The molecule has 5 rings (SSSR count). The number of carboxylic acids is 1. The van der Waals surface area contributed by atoms with E-state index in [0.29, 0.717) is 28.7 Å². The number of aliphatic carboxylic acids is 1. The second-order valence-electron chi connectivity index (χ2n) is 12.4. The Kier molecular flexibility index (Phi) is 6.90. The SMILES string of the molecule is CC(=NOCC(=O)O)[C@H]1CCC2C3CC[C@H]4C[C@H](OC(=O)c5ccccc5)CC[C@]4(C)C3CC[C@@]21C. The van der Waals surface area contributed by atoms with Crippen molar-refractivity contribution in [1.82, 2.24) is 0 Å². The van der Waals surface area contributed by atoms with Crippen LogP contribution in [-0.2, 0) is 14.4 Å². The Morgan fingerprint density at radius 3 is 2.44 bits per heavy atom. The lowest BCUT2D eigenvalue weighted by molar-refractivity contribution is -0.142. The molecule has 4 fully saturated rings. The topological polar surface area (TPSA) is 85.2 Å². The molecule has 36 heavy (non-hydrogen) atoms. The van der Waals surface area contributed by atoms with Crippen LogP contribution in [0.25, 0.3) is 0 Å². The third-order valence-corrected chi connectivity index (χ3v) is 10.8. The van der Waals surface area contributed by atoms with Crippen LogP contribution in [0.4, 0.5) is 0 Å². The van der Waals surface area contributed by atoms with E-state index in [0.717, 1.165) is 43.2 Å². The summed E-state index contributed by atoms with van der Waals surface area (Å²) >= 11 is 0. The molecule has 6 heteroatoms. The fraction of sp³-hybridized carbons (Fsp3) is 0.700. The van der Waals surface area contributed by atoms with Crippen molar-refractivity contribution in [3.8, 4) is 0 Å². The lowest BCUT2D eigenvalue weighted by atomic mass is 9.44. The van der Waals surface area contributed by atoms with E-state index in [1.807, 2.05) is 37.3 Å². The van der Waals surface area contributed by atoms with Crippen LogP contribution in [0.5, 0.6) is 0 Å². The van der Waals surface area contributed by atoms with Crippen molar-refractivity contribution in [3.05, 3.63) is 35.9 Å². The first-order chi connectivity index (χ1) is 17.2. The summed E-state index contributed by atoms with van der Waals surface area (Å²) in [5, 5.41) is 13.1. The molecule has 1 aromatic rings. The number of carbonyl (C=O) groups is 2. The summed E-state index contributed by atoms with van der Waals surface area (Å²) in [5.74, 6) is 1.99. The van der Waals surface area contributed by atoms with Crippen LogP contribution in [0.1, 0.15) is 88.9 Å². The van der Waals surface area contributed by atoms with Gasteiger partial charge in [0.2, 0.25) is 6.61 Å². The molecule has 4 aliphatic carbocycles. The molecular weight excluding hydrogens is 454 g/mol. The average Bonchev–Trinajstić information content (AvgIpc) is 3.22. The maximum atomic E-state index is 12.7. The zero-order chi connectivity index (χ0) is 25.5. The van der Waals surface area contributed by atoms with Crippen molar-refractivity contribution in [1.29, 1.82) is 0 Å². The Hall–Kier alpha value is -2.37. The van der Waals surface area contributed by atoms with Crippen molar-refractivity contribution >= 4 is 17.7 Å². The van der Waals surface area contributed by atoms with Gasteiger partial charge < -0.3 is 14.7 Å². The van der Waals surface area contributed by atoms with Crippen molar-refractivity contribution < 1.29 is 24.3 Å². The van der Waals surface area contributed by atoms with E-state index >= 15 is 0 Å². The summed E-state index contributed by atoms with van der Waals surface area (Å²) < 4.78 is 5.98. The highest BCUT2D eigenvalue weighted by molar-refractivity contribution is 5.89. The number of oxime groups is 1. The summed E-state index contributed by atoms with van der Waals surface area (Å²) in [5.41, 5.74) is 2.14. The normalized spacial score (nSPS) is 39.9. The highest BCUT2D eigenvalue weighted by Crippen LogP contribution is 2.67. The van der Waals surface area contributed by atoms with E-state index in [-0.39, 0.29) is 24.1 Å². The summed E-state index contributed by atoms with van der Waals surface area (Å²) in [6.07, 6.45) is 10.4. The van der Waals surface area contributed by atoms with Crippen LogP contribution in [0.3, 0.4) is 0 Å². The molecule has 196 valence electrons. The highest BCUT2D eigenvalue weighted by atomic mass is 16.6. The molecule has 0 bridgehead atoms. The number of nitrogens with zero attached hydrogens (tertiary/aromatic N) is 1. The van der Waals surface area contributed by atoms with Gasteiger partial charge in [-0.05, 0) is 111 Å². The number of rotatable bonds is 6. The molecule has 1 aromatic carbocycles. The number of ether oxygens (including phenoxy) is 1. The zero-order valence-electron chi connectivity index (χ0n) is 21.9. The Morgan fingerprint density at radius 2 is 1.69 bits per heavy atom. The molecule has 6 nitrogen and oxygen atoms in total. The first kappa shape index (κ1) is 25.3. The van der Waals surface area contributed by atoms with Crippen molar-refractivity contribution in [2.75, 3.05) is 6.61 Å². The smallest absolute Gasteiger partial charge is 0.344 e. The Labute approximate surface area is 214 Å². The second kappa shape index (κ2) is 9.83. The summed E-state index contributed by atoms with van der Waals surface area (Å²) in [4.78, 5) is 28.6. The fourth-order valence-corrected chi connectivity index (χ4v) is 9.06. The Morgan fingerprint density at radius 1 is 0.972 bits per heavy atom. The van der Waals surface area contributed by atoms with Gasteiger partial charge in [0.25, 0.3) is 0 Å². The maximum absolute atomic E-state index is 12.7. The molecule has 0 aliphatic heterocycles. The van der Waals surface area contributed by atoms with Crippen LogP contribution in [-0.4, -0.2) is 35.5 Å². The monoisotopic (exact) mass is 495 g/mol. The van der Waals surface area contributed by atoms with Gasteiger partial charge >= 0.3 is 11.9 Å². The van der Waals surface area contributed by atoms with E-state index in [1.54, 1.807) is 0 Å². The molecule has 0 amide bonds. The van der Waals surface area contributed by atoms with Gasteiger partial charge in [0.15, 0.2) is 0 Å². The van der Waals surface area contributed by atoms with Crippen molar-refractivity contribution in [2.24, 2.45) is 45.6 Å². The van der Waals surface area contributed by atoms with Gasteiger partial charge in [-0.25, -0.2) is 9.59 Å². The molecule has 0 aromatic heterocycles. The van der Waals surface area contributed by atoms with Gasteiger partial charge in [-0.15, -0.1) is 0 Å². The molecule has 0 heterocycles. The van der Waals surface area contributed by atoms with E-state index in [9.17, 15) is 9.59 Å². The maximum Gasteiger partial charge on any atom is 0.344 e. The summed E-state index contributed by atoms with van der Waals surface area (Å²) in [6.45, 7) is 6.63. The van der Waals surface area contributed by atoms with Gasteiger partial charge in [0.05, 0.1) is 11.3 Å². The number of carbonyl (C=O) groups excluding carboxylic acids is 1. The number of hydrogen-bond acceptors (Lipinski definition) is 5. The van der Waals surface area contributed by atoms with Gasteiger partial charge in [0, 0.05) is 5.92 Å². The minimum Gasteiger partial charge on any atom is -0.479 e. The fourth-order valence-electron chi connectivity index (χ4n) is 9.06. The predicted octanol–water partition coefficient (Wildman–Crippen LogP) is 6.35.